The van der Waals surface area contributed by atoms with Gasteiger partial charge in [-0.3, -0.25) is 0 Å². The molecule has 126 heavy (non-hydrogen) atoms. The number of alkyl halides is 6. The first-order valence-electron chi connectivity index (χ1n) is 40.3. The summed E-state index contributed by atoms with van der Waals surface area (Å²) in [7, 11) is 0. The summed E-state index contributed by atoms with van der Waals surface area (Å²) >= 11 is 0. The van der Waals surface area contributed by atoms with Crippen molar-refractivity contribution in [1.29, 1.82) is 5.26 Å². The molecule has 21 rings (SSSR count). The van der Waals surface area contributed by atoms with E-state index in [4.69, 9.17) is 59.8 Å². The van der Waals surface area contributed by atoms with Gasteiger partial charge in [0.2, 0.25) is 0 Å². The number of aromatic nitrogens is 14. The molecule has 15 aromatic carbocycles. The van der Waals surface area contributed by atoms with Crippen LogP contribution < -0.4 is 0 Å². The number of nitrogens with zero attached hydrogens (tertiary/aromatic N) is 15. The average Bonchev–Trinajstić information content (AvgIpc) is 1.56. The number of benzene rings is 15. The molecular weight excluding hydrogens is 1590 g/mol. The van der Waals surface area contributed by atoms with Gasteiger partial charge >= 0.3 is 12.4 Å². The molecule has 21 heteroatoms. The van der Waals surface area contributed by atoms with E-state index in [1.807, 2.05) is 325 Å². The van der Waals surface area contributed by atoms with Crippen molar-refractivity contribution in [1.82, 2.24) is 68.9 Å². The maximum absolute atomic E-state index is 16.0. The second-order valence-corrected chi connectivity index (χ2v) is 30.1. The predicted octanol–water partition coefficient (Wildman–Crippen LogP) is 25.9. The molecule has 0 unspecified atom stereocenters. The van der Waals surface area contributed by atoms with Crippen LogP contribution in [0.4, 0.5) is 26.3 Å². The Labute approximate surface area is 715 Å². The first-order valence-corrected chi connectivity index (χ1v) is 40.3. The standard InChI is InChI=1S/C105H61F6N15/c106-104(107,108)77-47-49-78(85(61-77)105(109,110)111)72-42-50-86(125-87-51-43-73(100-117-92(64-25-9-1-10-26-64)113-93(118-100)65-27-11-2-12-28-65)57-81(87)82-58-74(44-52-88(82)125)101-119-94(66-29-13-3-14-30-66)114-95(120-101)67-31-15-4-16-32-67)80(56-72)79-48-41-63(62-112)55-91(79)126-89-53-45-75(102-121-96(68-33-17-5-18-34-68)115-97(122-102)69-35-19-6-20-36-69)59-83(89)84-60-76(46-54-90(84)126)103-123-98(70-37-21-7-22-38-70)116-99(124-103)71-39-23-8-24-40-71/h1-61H. The topological polar surface area (TPSA) is 188 Å². The van der Waals surface area contributed by atoms with Crippen LogP contribution in [0.15, 0.2) is 370 Å². The molecule has 0 atom stereocenters. The second kappa shape index (κ2) is 31.5. The van der Waals surface area contributed by atoms with Crippen LogP contribution in [0.1, 0.15) is 16.7 Å². The predicted molar refractivity (Wildman–Crippen MR) is 479 cm³/mol. The van der Waals surface area contributed by atoms with Crippen LogP contribution in [0.3, 0.4) is 0 Å². The van der Waals surface area contributed by atoms with Crippen molar-refractivity contribution in [2.75, 3.05) is 0 Å². The van der Waals surface area contributed by atoms with Crippen molar-refractivity contribution in [3.8, 4) is 176 Å². The summed E-state index contributed by atoms with van der Waals surface area (Å²) in [6.45, 7) is 0. The SMILES string of the molecule is N#Cc1ccc(-c2cc(-c3ccc(C(F)(F)F)cc3C(F)(F)F)ccc2-n2c3ccc(-c4nc(-c5ccccc5)nc(-c5ccccc5)n4)cc3c3cc(-c4nc(-c5ccccc5)nc(-c5ccccc5)n4)ccc32)c(-n2c3ccc(-c4nc(-c5ccccc5)nc(-c5ccccc5)n4)cc3c3cc(-c4nc(-c5ccccc5)nc(-c5ccccc5)n4)ccc32)c1. The highest BCUT2D eigenvalue weighted by molar-refractivity contribution is 6.14. The molecule has 0 spiro atoms. The summed E-state index contributed by atoms with van der Waals surface area (Å²) in [6, 6.07) is 114. The molecule has 0 saturated heterocycles. The van der Waals surface area contributed by atoms with E-state index in [1.54, 1.807) is 30.3 Å². The summed E-state index contributed by atoms with van der Waals surface area (Å²) in [6.07, 6.45) is -10.4. The largest absolute Gasteiger partial charge is 0.417 e. The van der Waals surface area contributed by atoms with Crippen molar-refractivity contribution < 1.29 is 26.3 Å². The molecule has 0 aliphatic heterocycles. The van der Waals surface area contributed by atoms with E-state index in [-0.39, 0.29) is 17.2 Å². The Morgan fingerprint density at radius 2 is 0.460 bits per heavy atom. The molecule has 0 fully saturated rings. The van der Waals surface area contributed by atoms with Gasteiger partial charge in [0.05, 0.1) is 56.2 Å². The van der Waals surface area contributed by atoms with Gasteiger partial charge in [-0.15, -0.1) is 0 Å². The van der Waals surface area contributed by atoms with E-state index in [2.05, 4.69) is 6.07 Å². The average molecular weight is 1650 g/mol. The fraction of sp³-hybridized carbons (Fsp3) is 0.0190. The summed E-state index contributed by atoms with van der Waals surface area (Å²) < 4.78 is 96.3. The van der Waals surface area contributed by atoms with Crippen molar-refractivity contribution in [3.05, 3.63) is 387 Å². The Hall–Kier alpha value is -17.0. The molecule has 0 amide bonds. The lowest BCUT2D eigenvalue weighted by Gasteiger charge is -2.21. The maximum atomic E-state index is 16.0. The van der Waals surface area contributed by atoms with E-state index in [0.29, 0.717) is 164 Å². The minimum Gasteiger partial charge on any atom is -0.309 e. The van der Waals surface area contributed by atoms with Gasteiger partial charge in [0.25, 0.3) is 0 Å². The molecule has 6 aromatic heterocycles. The van der Waals surface area contributed by atoms with E-state index < -0.39 is 29.0 Å². The van der Waals surface area contributed by atoms with E-state index >= 15 is 13.2 Å². The lowest BCUT2D eigenvalue weighted by atomic mass is 9.92. The first kappa shape index (κ1) is 76.4. The molecule has 6 heterocycles. The normalized spacial score (nSPS) is 11.7. The fourth-order valence-electron chi connectivity index (χ4n) is 16.2. The van der Waals surface area contributed by atoms with Crippen LogP contribution in [0.2, 0.25) is 0 Å². The van der Waals surface area contributed by atoms with Gasteiger partial charge in [-0.25, -0.2) is 59.8 Å². The molecule has 0 saturated carbocycles. The van der Waals surface area contributed by atoms with Crippen LogP contribution in [-0.4, -0.2) is 68.9 Å². The summed E-state index contributed by atoms with van der Waals surface area (Å²) in [5.41, 5.74) is 8.88. The minimum atomic E-state index is -5.29. The van der Waals surface area contributed by atoms with Crippen LogP contribution in [0.5, 0.6) is 0 Å². The quantitative estimate of drug-likeness (QED) is 0.0832. The Morgan fingerprint density at radius 1 is 0.206 bits per heavy atom. The summed E-state index contributed by atoms with van der Waals surface area (Å²) in [4.78, 5) is 61.5. The Balaban J connectivity index is 0.842. The van der Waals surface area contributed by atoms with E-state index in [9.17, 15) is 18.4 Å². The van der Waals surface area contributed by atoms with Gasteiger partial charge in [-0.1, -0.05) is 261 Å². The molecule has 15 nitrogen and oxygen atoms in total. The van der Waals surface area contributed by atoms with Crippen molar-refractivity contribution in [2.24, 2.45) is 0 Å². The molecule has 21 aromatic rings. The van der Waals surface area contributed by atoms with E-state index in [1.165, 1.54) is 6.07 Å². The Kier molecular flexibility index (Phi) is 19.1. The number of rotatable bonds is 16. The monoisotopic (exact) mass is 1650 g/mol. The second-order valence-electron chi connectivity index (χ2n) is 30.1. The van der Waals surface area contributed by atoms with Gasteiger partial charge in [0.15, 0.2) is 69.9 Å². The number of hydrogen-bond acceptors (Lipinski definition) is 13. The summed E-state index contributed by atoms with van der Waals surface area (Å²) in [5, 5.41) is 14.0. The van der Waals surface area contributed by atoms with Crippen molar-refractivity contribution in [2.45, 2.75) is 12.4 Å². The third kappa shape index (κ3) is 14.5. The first-order chi connectivity index (χ1) is 61.6. The lowest BCUT2D eigenvalue weighted by Crippen LogP contribution is -2.12. The Morgan fingerprint density at radius 3 is 0.722 bits per heavy atom. The fourth-order valence-corrected chi connectivity index (χ4v) is 16.2. The molecule has 0 aliphatic carbocycles. The van der Waals surface area contributed by atoms with Crippen LogP contribution in [-0.2, 0) is 12.4 Å². The number of halogens is 6. The van der Waals surface area contributed by atoms with Crippen molar-refractivity contribution in [3.63, 3.8) is 0 Å². The van der Waals surface area contributed by atoms with Gasteiger partial charge in [0.1, 0.15) is 0 Å². The highest BCUT2D eigenvalue weighted by Crippen LogP contribution is 2.48. The minimum absolute atomic E-state index is 0.0762. The van der Waals surface area contributed by atoms with E-state index in [0.717, 1.165) is 50.6 Å². The molecule has 0 aliphatic rings. The highest BCUT2D eigenvalue weighted by atomic mass is 19.4. The number of nitriles is 1. The zero-order valence-electron chi connectivity index (χ0n) is 66.2. The van der Waals surface area contributed by atoms with Gasteiger partial charge in [-0.2, -0.15) is 31.6 Å². The van der Waals surface area contributed by atoms with Crippen LogP contribution in [0.25, 0.3) is 214 Å². The zero-order valence-corrected chi connectivity index (χ0v) is 66.2. The Bertz CT molecular complexity index is 7250. The highest BCUT2D eigenvalue weighted by Gasteiger charge is 2.39. The molecule has 598 valence electrons. The lowest BCUT2D eigenvalue weighted by molar-refractivity contribution is -0.142. The molecule has 0 N–H and O–H groups in total. The molecule has 0 radical (unpaired) electrons. The molecule has 0 bridgehead atoms. The van der Waals surface area contributed by atoms with Crippen LogP contribution >= 0.6 is 0 Å². The van der Waals surface area contributed by atoms with Crippen molar-refractivity contribution >= 4 is 43.6 Å². The zero-order chi connectivity index (χ0) is 85.2. The molecular formula is C105H61F6N15. The maximum Gasteiger partial charge on any atom is 0.417 e. The number of hydrogen-bond donors (Lipinski definition) is 0. The smallest absolute Gasteiger partial charge is 0.309 e. The summed E-state index contributed by atoms with van der Waals surface area (Å²) in [5.74, 6) is 4.79. The third-order valence-electron chi connectivity index (χ3n) is 22.2. The van der Waals surface area contributed by atoms with Gasteiger partial charge in [-0.05, 0) is 120 Å². The van der Waals surface area contributed by atoms with Crippen LogP contribution in [0, 0.1) is 11.3 Å². The van der Waals surface area contributed by atoms with Gasteiger partial charge < -0.3 is 9.13 Å². The van der Waals surface area contributed by atoms with Gasteiger partial charge in [0, 0.05) is 99.4 Å². The number of fused-ring (bicyclic) bond motifs is 6. The third-order valence-corrected chi connectivity index (χ3v) is 22.2.